The Morgan fingerprint density at radius 1 is 0.962 bits per heavy atom. The number of rotatable bonds is 6. The fraction of sp³-hybridized carbons (Fsp3) is 0.923. The van der Waals surface area contributed by atoms with E-state index in [-0.39, 0.29) is 0 Å². The van der Waals surface area contributed by atoms with Gasteiger partial charge in [0.2, 0.25) is 0 Å². The highest BCUT2D eigenvalue weighted by Crippen LogP contribution is 2.61. The van der Waals surface area contributed by atoms with E-state index in [0.29, 0.717) is 0 Å². The Balaban J connectivity index is 1.70. The summed E-state index contributed by atoms with van der Waals surface area (Å²) in [6.07, 6.45) is 18.9. The van der Waals surface area contributed by atoms with Crippen molar-refractivity contribution in [2.24, 2.45) is 47.3 Å². The van der Waals surface area contributed by atoms with Gasteiger partial charge in [0.25, 0.3) is 0 Å². The Morgan fingerprint density at radius 3 is 2.38 bits per heavy atom. The van der Waals surface area contributed by atoms with Crippen molar-refractivity contribution in [1.82, 2.24) is 0 Å². The molecule has 0 amide bonds. The van der Waals surface area contributed by atoms with Gasteiger partial charge in [-0.3, -0.25) is 0 Å². The second kappa shape index (κ2) is 9.29. The number of hydrogen-bond donors (Lipinski definition) is 0. The summed E-state index contributed by atoms with van der Waals surface area (Å²) in [5.74, 6) is 7.75. The zero-order chi connectivity index (χ0) is 18.7. The Labute approximate surface area is 164 Å². The van der Waals surface area contributed by atoms with Gasteiger partial charge in [0, 0.05) is 0 Å². The first-order valence-corrected chi connectivity index (χ1v) is 12.3. The van der Waals surface area contributed by atoms with Gasteiger partial charge in [0.1, 0.15) is 0 Å². The molecule has 0 aromatic carbocycles. The van der Waals surface area contributed by atoms with Gasteiger partial charge in [-0.05, 0) is 73.0 Å². The van der Waals surface area contributed by atoms with Crippen molar-refractivity contribution in [3.05, 3.63) is 11.6 Å². The standard InChI is InChI=1S/C26H46/c1-6-18(3)19(4)22(7-2)14-15-23-16-21-12-10-8-9-11-13-24-25(17-21)26(24)20(23)5/h15,18-22,24-26H,6-14,16-17H2,1-5H3. The van der Waals surface area contributed by atoms with Gasteiger partial charge in [-0.2, -0.15) is 0 Å². The average Bonchev–Trinajstić information content (AvgIpc) is 3.36. The summed E-state index contributed by atoms with van der Waals surface area (Å²) in [6, 6.07) is 0. The van der Waals surface area contributed by atoms with Crippen molar-refractivity contribution in [2.75, 3.05) is 0 Å². The lowest BCUT2D eigenvalue weighted by Crippen LogP contribution is -2.18. The molecule has 0 saturated heterocycles. The van der Waals surface area contributed by atoms with Crippen LogP contribution in [0.1, 0.15) is 105 Å². The molecule has 3 saturated carbocycles. The molecule has 0 spiro atoms. The molecule has 150 valence electrons. The zero-order valence-corrected chi connectivity index (χ0v) is 18.5. The van der Waals surface area contributed by atoms with E-state index in [2.05, 4.69) is 40.7 Å². The molecule has 0 aromatic rings. The second-order valence-electron chi connectivity index (χ2n) is 10.4. The molecule has 0 N–H and O–H groups in total. The molecule has 0 aliphatic heterocycles. The maximum Gasteiger partial charge on any atom is -0.0198 e. The van der Waals surface area contributed by atoms with Crippen LogP contribution in [0.5, 0.6) is 0 Å². The molecule has 8 unspecified atom stereocenters. The van der Waals surface area contributed by atoms with E-state index in [4.69, 9.17) is 0 Å². The van der Waals surface area contributed by atoms with Crippen molar-refractivity contribution < 1.29 is 0 Å². The van der Waals surface area contributed by atoms with Crippen LogP contribution in [0.15, 0.2) is 11.6 Å². The summed E-state index contributed by atoms with van der Waals surface area (Å²) < 4.78 is 0. The molecule has 0 radical (unpaired) electrons. The van der Waals surface area contributed by atoms with Crippen LogP contribution in [-0.2, 0) is 0 Å². The average molecular weight is 359 g/mol. The lowest BCUT2D eigenvalue weighted by atomic mass is 9.78. The molecule has 8 atom stereocenters. The molecule has 0 nitrogen and oxygen atoms in total. The van der Waals surface area contributed by atoms with Crippen molar-refractivity contribution in [2.45, 2.75) is 105 Å². The fourth-order valence-corrected chi connectivity index (χ4v) is 6.74. The predicted molar refractivity (Wildman–Crippen MR) is 115 cm³/mol. The van der Waals surface area contributed by atoms with Crippen molar-refractivity contribution in [3.8, 4) is 0 Å². The number of fused-ring (bicyclic) bond motifs is 2. The highest BCUT2D eigenvalue weighted by molar-refractivity contribution is 5.18. The van der Waals surface area contributed by atoms with E-state index in [9.17, 15) is 0 Å². The van der Waals surface area contributed by atoms with Gasteiger partial charge in [0.15, 0.2) is 0 Å². The van der Waals surface area contributed by atoms with Crippen LogP contribution in [0, 0.1) is 47.3 Å². The van der Waals surface area contributed by atoms with Gasteiger partial charge < -0.3 is 0 Å². The van der Waals surface area contributed by atoms with E-state index in [1.807, 2.05) is 5.57 Å². The Bertz CT molecular complexity index is 461. The predicted octanol–water partition coefficient (Wildman–Crippen LogP) is 8.27. The van der Waals surface area contributed by atoms with E-state index in [0.717, 1.165) is 47.3 Å². The van der Waals surface area contributed by atoms with Crippen LogP contribution in [0.25, 0.3) is 0 Å². The molecule has 26 heavy (non-hydrogen) atoms. The van der Waals surface area contributed by atoms with E-state index >= 15 is 0 Å². The fourth-order valence-electron chi connectivity index (χ4n) is 6.74. The quantitative estimate of drug-likeness (QED) is 0.419. The van der Waals surface area contributed by atoms with Crippen molar-refractivity contribution >= 4 is 0 Å². The summed E-state index contributed by atoms with van der Waals surface area (Å²) in [6.45, 7) is 12.3. The van der Waals surface area contributed by atoms with Crippen LogP contribution >= 0.6 is 0 Å². The molecule has 0 heterocycles. The van der Waals surface area contributed by atoms with Crippen LogP contribution in [0.2, 0.25) is 0 Å². The lowest BCUT2D eigenvalue weighted by Gasteiger charge is -2.28. The Kier molecular flexibility index (Phi) is 7.32. The summed E-state index contributed by atoms with van der Waals surface area (Å²) in [4.78, 5) is 0. The van der Waals surface area contributed by atoms with Gasteiger partial charge in [-0.1, -0.05) is 91.2 Å². The maximum atomic E-state index is 2.76. The highest BCUT2D eigenvalue weighted by Gasteiger charge is 2.54. The monoisotopic (exact) mass is 358 g/mol. The molecule has 3 fully saturated rings. The minimum absolute atomic E-state index is 0.866. The first-order chi connectivity index (χ1) is 12.6. The van der Waals surface area contributed by atoms with Gasteiger partial charge in [-0.15, -0.1) is 0 Å². The summed E-state index contributed by atoms with van der Waals surface area (Å²) >= 11 is 0. The number of hydrogen-bond acceptors (Lipinski definition) is 0. The van der Waals surface area contributed by atoms with Gasteiger partial charge >= 0.3 is 0 Å². The van der Waals surface area contributed by atoms with Gasteiger partial charge in [0.05, 0.1) is 0 Å². The van der Waals surface area contributed by atoms with Crippen molar-refractivity contribution in [1.29, 1.82) is 0 Å². The topological polar surface area (TPSA) is 0 Å². The normalized spacial score (nSPS) is 39.7. The third-order valence-electron chi connectivity index (χ3n) is 9.08. The zero-order valence-electron chi connectivity index (χ0n) is 18.5. The first kappa shape index (κ1) is 20.5. The molecular weight excluding hydrogens is 312 g/mol. The van der Waals surface area contributed by atoms with E-state index in [1.54, 1.807) is 12.8 Å². The van der Waals surface area contributed by atoms with Crippen LogP contribution in [0.3, 0.4) is 0 Å². The SMILES string of the molecule is CCC(C)C(C)C(CC)CC=C1CC2CCCCCCC3C(C2)C3C1C. The Morgan fingerprint density at radius 2 is 1.69 bits per heavy atom. The smallest absolute Gasteiger partial charge is 0.0198 e. The maximum absolute atomic E-state index is 2.76. The molecule has 0 aromatic heterocycles. The van der Waals surface area contributed by atoms with E-state index in [1.165, 1.54) is 57.8 Å². The molecular formula is C26H46. The van der Waals surface area contributed by atoms with Crippen molar-refractivity contribution in [3.63, 3.8) is 0 Å². The lowest BCUT2D eigenvalue weighted by molar-refractivity contribution is 0.249. The summed E-state index contributed by atoms with van der Waals surface area (Å²) in [7, 11) is 0. The summed E-state index contributed by atoms with van der Waals surface area (Å²) in [5, 5.41) is 0. The van der Waals surface area contributed by atoms with Crippen LogP contribution in [-0.4, -0.2) is 0 Å². The number of allylic oxidation sites excluding steroid dienone is 2. The molecule has 2 bridgehead atoms. The van der Waals surface area contributed by atoms with E-state index < -0.39 is 0 Å². The third-order valence-corrected chi connectivity index (χ3v) is 9.08. The highest BCUT2D eigenvalue weighted by atomic mass is 14.6. The minimum Gasteiger partial charge on any atom is -0.0848 e. The second-order valence-corrected chi connectivity index (χ2v) is 10.4. The molecule has 3 aliphatic rings. The Hall–Kier alpha value is -0.260. The third kappa shape index (κ3) is 4.59. The largest absolute Gasteiger partial charge is 0.0848 e. The molecule has 3 aliphatic carbocycles. The first-order valence-electron chi connectivity index (χ1n) is 12.3. The summed E-state index contributed by atoms with van der Waals surface area (Å²) in [5.41, 5.74) is 1.88. The van der Waals surface area contributed by atoms with Crippen LogP contribution in [0.4, 0.5) is 0 Å². The molecule has 3 rings (SSSR count). The van der Waals surface area contributed by atoms with Crippen LogP contribution < -0.4 is 0 Å². The van der Waals surface area contributed by atoms with Gasteiger partial charge in [-0.25, -0.2) is 0 Å². The minimum atomic E-state index is 0.866. The molecule has 0 heteroatoms.